The first-order valence-electron chi connectivity index (χ1n) is 6.64. The van der Waals surface area contributed by atoms with Gasteiger partial charge in [0.1, 0.15) is 0 Å². The fourth-order valence-electron chi connectivity index (χ4n) is 2.03. The number of benzene rings is 1. The predicted octanol–water partition coefficient (Wildman–Crippen LogP) is 4.10. The van der Waals surface area contributed by atoms with Crippen molar-refractivity contribution in [1.29, 1.82) is 0 Å². The molecule has 1 nitrogen and oxygen atoms in total. The summed E-state index contributed by atoms with van der Waals surface area (Å²) in [6, 6.07) is 6.73. The third-order valence-corrected chi connectivity index (χ3v) is 2.85. The number of rotatable bonds is 6. The smallest absolute Gasteiger partial charge is 0.0167 e. The quantitative estimate of drug-likeness (QED) is 0.727. The fraction of sp³-hybridized carbons (Fsp3) is 0.500. The Bertz CT molecular complexity index is 357. The molecule has 1 aromatic rings. The van der Waals surface area contributed by atoms with Gasteiger partial charge in [-0.05, 0) is 38.8 Å². The van der Waals surface area contributed by atoms with Crippen molar-refractivity contribution in [3.05, 3.63) is 40.5 Å². The summed E-state index contributed by atoms with van der Waals surface area (Å²) >= 11 is 0. The Hall–Kier alpha value is -1.08. The van der Waals surface area contributed by atoms with Crippen LogP contribution in [0.15, 0.2) is 23.8 Å². The lowest BCUT2D eigenvalue weighted by atomic mass is 10.0. The lowest BCUT2D eigenvalue weighted by molar-refractivity contribution is 0.706. The van der Waals surface area contributed by atoms with E-state index in [1.807, 2.05) is 0 Å². The maximum Gasteiger partial charge on any atom is 0.0167 e. The van der Waals surface area contributed by atoms with Gasteiger partial charge in [0.15, 0.2) is 0 Å². The van der Waals surface area contributed by atoms with Crippen molar-refractivity contribution < 1.29 is 0 Å². The minimum Gasteiger partial charge on any atom is -0.313 e. The number of hydrogen-bond donors (Lipinski definition) is 1. The molecule has 94 valence electrons. The highest BCUT2D eigenvalue weighted by Crippen LogP contribution is 2.13. The third kappa shape index (κ3) is 5.18. The van der Waals surface area contributed by atoms with Crippen molar-refractivity contribution in [2.24, 2.45) is 0 Å². The minimum absolute atomic E-state index is 1.01. The molecule has 0 saturated heterocycles. The standard InChI is InChI=1S/C16H25N/c1-5-7-17-12-15(6-2)11-16-9-13(3)8-14(4)10-16/h8-11,17H,5-7,12H2,1-4H3. The SMILES string of the molecule is CCCNCC(=Cc1cc(C)cc(C)c1)CC. The van der Waals surface area contributed by atoms with E-state index in [9.17, 15) is 0 Å². The van der Waals surface area contributed by atoms with E-state index >= 15 is 0 Å². The Morgan fingerprint density at radius 3 is 2.29 bits per heavy atom. The summed E-state index contributed by atoms with van der Waals surface area (Å²) in [6.07, 6.45) is 4.63. The van der Waals surface area contributed by atoms with Crippen LogP contribution in [0.3, 0.4) is 0 Å². The van der Waals surface area contributed by atoms with Gasteiger partial charge < -0.3 is 5.32 Å². The first kappa shape index (κ1) is 14.0. The van der Waals surface area contributed by atoms with Crippen LogP contribution >= 0.6 is 0 Å². The van der Waals surface area contributed by atoms with Gasteiger partial charge in [-0.3, -0.25) is 0 Å². The Balaban J connectivity index is 2.75. The van der Waals surface area contributed by atoms with Gasteiger partial charge in [0.25, 0.3) is 0 Å². The Kier molecular flexibility index (Phi) is 5.99. The van der Waals surface area contributed by atoms with Crippen LogP contribution in [-0.4, -0.2) is 13.1 Å². The molecule has 0 saturated carbocycles. The van der Waals surface area contributed by atoms with Gasteiger partial charge in [-0.15, -0.1) is 0 Å². The third-order valence-electron chi connectivity index (χ3n) is 2.85. The Morgan fingerprint density at radius 2 is 1.76 bits per heavy atom. The average molecular weight is 231 g/mol. The Labute approximate surface area is 106 Å². The summed E-state index contributed by atoms with van der Waals surface area (Å²) in [4.78, 5) is 0. The van der Waals surface area contributed by atoms with Crippen LogP contribution in [0.1, 0.15) is 43.4 Å². The van der Waals surface area contributed by atoms with Gasteiger partial charge in [-0.25, -0.2) is 0 Å². The van der Waals surface area contributed by atoms with Crippen LogP contribution in [0, 0.1) is 13.8 Å². The van der Waals surface area contributed by atoms with E-state index in [0.29, 0.717) is 0 Å². The van der Waals surface area contributed by atoms with Gasteiger partial charge in [0.2, 0.25) is 0 Å². The van der Waals surface area contributed by atoms with Gasteiger partial charge in [-0.2, -0.15) is 0 Å². The van der Waals surface area contributed by atoms with Crippen LogP contribution < -0.4 is 5.32 Å². The van der Waals surface area contributed by atoms with Gasteiger partial charge in [0, 0.05) is 6.54 Å². The van der Waals surface area contributed by atoms with Crippen molar-refractivity contribution >= 4 is 6.08 Å². The molecule has 1 N–H and O–H groups in total. The fourth-order valence-corrected chi connectivity index (χ4v) is 2.03. The molecular weight excluding hydrogens is 206 g/mol. The second kappa shape index (κ2) is 7.29. The summed E-state index contributed by atoms with van der Waals surface area (Å²) in [7, 11) is 0. The maximum atomic E-state index is 3.47. The largest absolute Gasteiger partial charge is 0.313 e. The van der Waals surface area contributed by atoms with E-state index in [2.05, 4.69) is 57.3 Å². The van der Waals surface area contributed by atoms with Crippen molar-refractivity contribution in [2.45, 2.75) is 40.5 Å². The summed E-state index contributed by atoms with van der Waals surface area (Å²) < 4.78 is 0. The highest BCUT2D eigenvalue weighted by Gasteiger charge is 1.97. The van der Waals surface area contributed by atoms with E-state index in [0.717, 1.165) is 19.5 Å². The Morgan fingerprint density at radius 1 is 1.12 bits per heavy atom. The van der Waals surface area contributed by atoms with Crippen LogP contribution in [0.4, 0.5) is 0 Å². The lowest BCUT2D eigenvalue weighted by Gasteiger charge is -2.07. The van der Waals surface area contributed by atoms with Crippen molar-refractivity contribution in [3.8, 4) is 0 Å². The molecule has 0 aliphatic rings. The lowest BCUT2D eigenvalue weighted by Crippen LogP contribution is -2.17. The van der Waals surface area contributed by atoms with Crippen LogP contribution in [0.2, 0.25) is 0 Å². The molecule has 0 fully saturated rings. The van der Waals surface area contributed by atoms with Crippen LogP contribution in [-0.2, 0) is 0 Å². The van der Waals surface area contributed by atoms with E-state index in [-0.39, 0.29) is 0 Å². The summed E-state index contributed by atoms with van der Waals surface area (Å²) in [6.45, 7) is 10.9. The molecular formula is C16H25N. The van der Waals surface area contributed by atoms with Crippen molar-refractivity contribution in [3.63, 3.8) is 0 Å². The summed E-state index contributed by atoms with van der Waals surface area (Å²) in [5, 5.41) is 3.47. The first-order valence-corrected chi connectivity index (χ1v) is 6.64. The maximum absolute atomic E-state index is 3.47. The van der Waals surface area contributed by atoms with E-state index in [4.69, 9.17) is 0 Å². The zero-order valence-corrected chi connectivity index (χ0v) is 11.6. The zero-order valence-electron chi connectivity index (χ0n) is 11.6. The normalized spacial score (nSPS) is 11.9. The number of nitrogens with one attached hydrogen (secondary N) is 1. The molecule has 0 heterocycles. The first-order chi connectivity index (χ1) is 8.15. The molecule has 0 spiro atoms. The molecule has 0 aliphatic carbocycles. The molecule has 0 bridgehead atoms. The zero-order chi connectivity index (χ0) is 12.7. The predicted molar refractivity (Wildman–Crippen MR) is 77.3 cm³/mol. The highest BCUT2D eigenvalue weighted by molar-refractivity contribution is 5.55. The average Bonchev–Trinajstić information content (AvgIpc) is 2.26. The van der Waals surface area contributed by atoms with E-state index in [1.54, 1.807) is 0 Å². The second-order valence-electron chi connectivity index (χ2n) is 4.75. The molecule has 1 aromatic carbocycles. The second-order valence-corrected chi connectivity index (χ2v) is 4.75. The summed E-state index contributed by atoms with van der Waals surface area (Å²) in [5.41, 5.74) is 5.49. The number of hydrogen-bond acceptors (Lipinski definition) is 1. The molecule has 17 heavy (non-hydrogen) atoms. The molecule has 0 aliphatic heterocycles. The molecule has 1 rings (SSSR count). The van der Waals surface area contributed by atoms with E-state index < -0.39 is 0 Å². The van der Waals surface area contributed by atoms with Crippen molar-refractivity contribution in [1.82, 2.24) is 5.32 Å². The molecule has 0 amide bonds. The van der Waals surface area contributed by atoms with Gasteiger partial charge in [0.05, 0.1) is 0 Å². The monoisotopic (exact) mass is 231 g/mol. The van der Waals surface area contributed by atoms with Gasteiger partial charge >= 0.3 is 0 Å². The topological polar surface area (TPSA) is 12.0 Å². The molecule has 0 aromatic heterocycles. The molecule has 1 heteroatoms. The van der Waals surface area contributed by atoms with Crippen LogP contribution in [0.25, 0.3) is 6.08 Å². The van der Waals surface area contributed by atoms with Gasteiger partial charge in [-0.1, -0.05) is 54.8 Å². The minimum atomic E-state index is 1.01. The van der Waals surface area contributed by atoms with E-state index in [1.165, 1.54) is 28.7 Å². The summed E-state index contributed by atoms with van der Waals surface area (Å²) in [5.74, 6) is 0. The van der Waals surface area contributed by atoms with Crippen molar-refractivity contribution in [2.75, 3.05) is 13.1 Å². The molecule has 0 radical (unpaired) electrons. The molecule has 0 unspecified atom stereocenters. The van der Waals surface area contributed by atoms with Crippen LogP contribution in [0.5, 0.6) is 0 Å². The molecule has 0 atom stereocenters. The number of aryl methyl sites for hydroxylation is 2. The highest BCUT2D eigenvalue weighted by atomic mass is 14.8.